The van der Waals surface area contributed by atoms with Crippen LogP contribution in [0.5, 0.6) is 0 Å². The van der Waals surface area contributed by atoms with Crippen LogP contribution in [0.2, 0.25) is 0 Å². The lowest BCUT2D eigenvalue weighted by atomic mass is 9.85. The van der Waals surface area contributed by atoms with Crippen molar-refractivity contribution in [3.63, 3.8) is 0 Å². The Morgan fingerprint density at radius 1 is 1.02 bits per heavy atom. The molecule has 1 aromatic carbocycles. The molecule has 236 valence electrons. The van der Waals surface area contributed by atoms with E-state index in [4.69, 9.17) is 23.7 Å². The number of hydrogen-bond donors (Lipinski definition) is 2. The van der Waals surface area contributed by atoms with Crippen molar-refractivity contribution in [3.8, 4) is 0 Å². The lowest BCUT2D eigenvalue weighted by Gasteiger charge is -2.34. The maximum Gasteiger partial charge on any atom is 0.408 e. The molecular weight excluding hydrogens is 589 g/mol. The number of esters is 4. The largest absolute Gasteiger partial charge is 0.444 e. The fraction of sp³-hybridized carbons (Fsp3) is 0.552. The van der Waals surface area contributed by atoms with Gasteiger partial charge in [0.2, 0.25) is 13.6 Å². The average molecular weight is 626 g/mol. The van der Waals surface area contributed by atoms with Gasteiger partial charge in [0.1, 0.15) is 11.4 Å². The van der Waals surface area contributed by atoms with Crippen LogP contribution in [-0.4, -0.2) is 65.9 Å². The van der Waals surface area contributed by atoms with Gasteiger partial charge in [0.15, 0.2) is 5.54 Å². The highest BCUT2D eigenvalue weighted by Gasteiger charge is 2.78. The van der Waals surface area contributed by atoms with Gasteiger partial charge >= 0.3 is 30.0 Å². The van der Waals surface area contributed by atoms with Crippen LogP contribution in [-0.2, 0) is 42.9 Å². The lowest BCUT2D eigenvalue weighted by Crippen LogP contribution is -2.59. The molecule has 0 spiro atoms. The number of aliphatic hydroxyl groups is 1. The molecule has 3 rings (SSSR count). The van der Waals surface area contributed by atoms with Crippen LogP contribution in [0.3, 0.4) is 0 Å². The molecule has 14 heteroatoms. The molecule has 12 nitrogen and oxygen atoms in total. The minimum atomic E-state index is -2.16. The van der Waals surface area contributed by atoms with Crippen molar-refractivity contribution >= 4 is 41.7 Å². The van der Waals surface area contributed by atoms with Gasteiger partial charge in [-0.25, -0.2) is 14.0 Å². The minimum Gasteiger partial charge on any atom is -0.444 e. The van der Waals surface area contributed by atoms with Crippen LogP contribution in [0.15, 0.2) is 34.1 Å². The summed E-state index contributed by atoms with van der Waals surface area (Å²) in [5, 5.41) is 15.4. The van der Waals surface area contributed by atoms with Crippen molar-refractivity contribution in [3.05, 3.63) is 40.6 Å². The van der Waals surface area contributed by atoms with E-state index in [0.29, 0.717) is 10.5 Å². The summed E-state index contributed by atoms with van der Waals surface area (Å²) in [6.45, 7) is 8.02. The second kappa shape index (κ2) is 13.8. The molecule has 2 aliphatic rings. The van der Waals surface area contributed by atoms with Gasteiger partial charge in [0, 0.05) is 35.1 Å². The van der Waals surface area contributed by atoms with E-state index >= 15 is 0 Å². The van der Waals surface area contributed by atoms with E-state index in [1.807, 2.05) is 0 Å². The molecule has 0 bridgehead atoms. The highest BCUT2D eigenvalue weighted by molar-refractivity contribution is 8.02. The van der Waals surface area contributed by atoms with Crippen LogP contribution in [0, 0.1) is 30.5 Å². The first-order valence-corrected chi connectivity index (χ1v) is 14.5. The molecule has 1 amide bonds. The normalized spacial score (nSPS) is 24.9. The Hall–Kier alpha value is -3.65. The second-order valence-electron chi connectivity index (χ2n) is 11.0. The van der Waals surface area contributed by atoms with Gasteiger partial charge in [-0.15, -0.1) is 0 Å². The van der Waals surface area contributed by atoms with Gasteiger partial charge in [0.25, 0.3) is 0 Å². The van der Waals surface area contributed by atoms with Gasteiger partial charge in [-0.1, -0.05) is 25.6 Å². The molecule has 1 aromatic rings. The maximum absolute atomic E-state index is 13.8. The molecule has 0 unspecified atom stereocenters. The molecule has 2 fully saturated rings. The first-order chi connectivity index (χ1) is 20.2. The van der Waals surface area contributed by atoms with E-state index in [9.17, 15) is 33.5 Å². The second-order valence-corrected chi connectivity index (χ2v) is 11.9. The lowest BCUT2D eigenvalue weighted by molar-refractivity contribution is -0.171. The molecule has 0 saturated heterocycles. The van der Waals surface area contributed by atoms with Crippen molar-refractivity contribution in [2.24, 2.45) is 17.8 Å². The molecule has 2 aliphatic carbocycles. The van der Waals surface area contributed by atoms with Gasteiger partial charge < -0.3 is 34.1 Å². The number of thioether (sulfide) groups is 1. The minimum absolute atomic E-state index is 0.0116. The number of nitrogens with one attached hydrogen (secondary N) is 1. The highest BCUT2D eigenvalue weighted by atomic mass is 32.2. The SMILES string of the molecule is CCC(=O)OCOC(=O)[C@H]1[C@H]2[C@@H]1[C@](NC(=O)OC(C)(C)C)(C(=O)OCOC(=O)CC)/C(=C/Sc1ccc(F)c(C)c1)[C@H]2O. The summed E-state index contributed by atoms with van der Waals surface area (Å²) in [6, 6.07) is 4.32. The van der Waals surface area contributed by atoms with Crippen molar-refractivity contribution in [2.45, 2.75) is 76.5 Å². The highest BCUT2D eigenvalue weighted by Crippen LogP contribution is 2.65. The molecule has 0 aromatic heterocycles. The molecule has 5 atom stereocenters. The fourth-order valence-corrected chi connectivity index (χ4v) is 5.83. The quantitative estimate of drug-likeness (QED) is 0.159. The first-order valence-electron chi connectivity index (χ1n) is 13.6. The summed E-state index contributed by atoms with van der Waals surface area (Å²) in [7, 11) is 0. The van der Waals surface area contributed by atoms with E-state index in [0.717, 1.165) is 11.8 Å². The topological polar surface area (TPSA) is 164 Å². The van der Waals surface area contributed by atoms with Crippen molar-refractivity contribution in [1.82, 2.24) is 5.32 Å². The number of aliphatic hydroxyl groups excluding tert-OH is 1. The number of alkyl carbamates (subject to hydrolysis) is 1. The average Bonchev–Trinajstić information content (AvgIpc) is 3.63. The van der Waals surface area contributed by atoms with Crippen LogP contribution in [0.25, 0.3) is 0 Å². The summed E-state index contributed by atoms with van der Waals surface area (Å²) in [4.78, 5) is 63.6. The van der Waals surface area contributed by atoms with Crippen LogP contribution in [0.4, 0.5) is 9.18 Å². The number of rotatable bonds is 11. The van der Waals surface area contributed by atoms with E-state index < -0.39 is 84.4 Å². The zero-order valence-corrected chi connectivity index (χ0v) is 25.6. The summed E-state index contributed by atoms with van der Waals surface area (Å²) in [6.07, 6.45) is -2.43. The summed E-state index contributed by atoms with van der Waals surface area (Å²) in [5.41, 5.74) is -2.80. The summed E-state index contributed by atoms with van der Waals surface area (Å²) < 4.78 is 39.3. The predicted molar refractivity (Wildman–Crippen MR) is 148 cm³/mol. The van der Waals surface area contributed by atoms with E-state index in [-0.39, 0.29) is 18.4 Å². The monoisotopic (exact) mass is 625 g/mol. The number of ether oxygens (including phenoxy) is 5. The standard InChI is InChI=1S/C29H36FNO11S/c1-7-19(32)38-13-40-25(35)22-21-23(22)29(31-27(37)42-28(4,5)6,26(36)41-14-39-20(33)8-2)17(24(21)34)12-43-16-9-10-18(30)15(3)11-16/h9-12,21-24,34H,7-8,13-14H2,1-6H3,(H,31,37)/b17-12+/t21-,22-,23-,24+,29-/m0/s1. The smallest absolute Gasteiger partial charge is 0.408 e. The zero-order valence-electron chi connectivity index (χ0n) is 24.8. The molecule has 0 heterocycles. The summed E-state index contributed by atoms with van der Waals surface area (Å²) >= 11 is 1.04. The van der Waals surface area contributed by atoms with Gasteiger partial charge in [-0.3, -0.25) is 14.4 Å². The molecule has 2 N–H and O–H groups in total. The molecule has 0 radical (unpaired) electrons. The van der Waals surface area contributed by atoms with E-state index in [1.54, 1.807) is 47.6 Å². The number of amides is 1. The van der Waals surface area contributed by atoms with Crippen molar-refractivity contribution in [1.29, 1.82) is 0 Å². The number of carbonyl (C=O) groups is 5. The third-order valence-corrected chi connectivity index (χ3v) is 7.76. The van der Waals surface area contributed by atoms with Crippen LogP contribution >= 0.6 is 11.8 Å². The van der Waals surface area contributed by atoms with Crippen LogP contribution in [0.1, 0.15) is 53.0 Å². The third kappa shape index (κ3) is 7.85. The van der Waals surface area contributed by atoms with Gasteiger partial charge in [0.05, 0.1) is 12.0 Å². The van der Waals surface area contributed by atoms with E-state index in [1.165, 1.54) is 17.5 Å². The maximum atomic E-state index is 13.8. The molecule has 0 aliphatic heterocycles. The molecule has 2 saturated carbocycles. The number of fused-ring (bicyclic) bond motifs is 1. The number of hydrogen-bond acceptors (Lipinski definition) is 12. The number of halogens is 1. The predicted octanol–water partition coefficient (Wildman–Crippen LogP) is 3.52. The van der Waals surface area contributed by atoms with Gasteiger partial charge in [-0.2, -0.15) is 0 Å². The summed E-state index contributed by atoms with van der Waals surface area (Å²) in [5.74, 6) is -6.75. The number of benzene rings is 1. The number of carbonyl (C=O) groups excluding carboxylic acids is 5. The Morgan fingerprint density at radius 2 is 1.63 bits per heavy atom. The molecule has 43 heavy (non-hydrogen) atoms. The fourth-order valence-electron chi connectivity index (χ4n) is 4.85. The molecular formula is C29H36FNO11S. The Labute approximate surface area is 252 Å². The number of aryl methyl sites for hydroxylation is 1. The Bertz CT molecular complexity index is 1290. The van der Waals surface area contributed by atoms with Crippen molar-refractivity contribution in [2.75, 3.05) is 13.6 Å². The first kappa shape index (κ1) is 33.8. The van der Waals surface area contributed by atoms with Crippen LogP contribution < -0.4 is 5.32 Å². The van der Waals surface area contributed by atoms with E-state index in [2.05, 4.69) is 5.32 Å². The Morgan fingerprint density at radius 3 is 2.19 bits per heavy atom. The third-order valence-electron chi connectivity index (χ3n) is 6.87. The van der Waals surface area contributed by atoms with Crippen molar-refractivity contribution < 1.29 is 57.2 Å². The Kier molecular flexibility index (Phi) is 10.8. The Balaban J connectivity index is 2.02. The van der Waals surface area contributed by atoms with Gasteiger partial charge in [-0.05, 0) is 56.9 Å². The zero-order chi connectivity index (χ0) is 32.1.